The van der Waals surface area contributed by atoms with E-state index >= 15 is 0 Å². The molecule has 0 radical (unpaired) electrons. The summed E-state index contributed by atoms with van der Waals surface area (Å²) >= 11 is 5.92. The lowest BCUT2D eigenvalue weighted by atomic mass is 10.1. The van der Waals surface area contributed by atoms with Gasteiger partial charge in [-0.1, -0.05) is 41.9 Å². The number of benzene rings is 2. The Morgan fingerprint density at radius 3 is 2.52 bits per heavy atom. The second kappa shape index (κ2) is 9.08. The quantitative estimate of drug-likeness (QED) is 0.767. The van der Waals surface area contributed by atoms with Gasteiger partial charge >= 0.3 is 5.97 Å². The van der Waals surface area contributed by atoms with E-state index < -0.39 is 5.97 Å². The predicted octanol–water partition coefficient (Wildman–Crippen LogP) is 3.45. The van der Waals surface area contributed by atoms with Crippen LogP contribution in [0.1, 0.15) is 24.1 Å². The first kappa shape index (κ1) is 18.8. The standard InChI is InChI=1S/C19H20ClNO4/c1-13-10-16(8-9-17(13)20)24-12-19(23)25-11-18(22)21-14(2)15-6-4-3-5-7-15/h3-10,14H,11-12H2,1-2H3,(H,21,22)/t14-/m0/s1. The number of nitrogens with one attached hydrogen (secondary N) is 1. The van der Waals surface area contributed by atoms with E-state index in [1.807, 2.05) is 44.2 Å². The van der Waals surface area contributed by atoms with Crippen molar-refractivity contribution in [3.63, 3.8) is 0 Å². The van der Waals surface area contributed by atoms with Gasteiger partial charge in [0, 0.05) is 5.02 Å². The molecule has 25 heavy (non-hydrogen) atoms. The number of hydrogen-bond donors (Lipinski definition) is 1. The molecule has 0 aromatic heterocycles. The molecule has 2 aromatic carbocycles. The van der Waals surface area contributed by atoms with Gasteiger partial charge in [0.05, 0.1) is 6.04 Å². The van der Waals surface area contributed by atoms with Crippen LogP contribution < -0.4 is 10.1 Å². The van der Waals surface area contributed by atoms with E-state index in [0.29, 0.717) is 10.8 Å². The van der Waals surface area contributed by atoms with Crippen molar-refractivity contribution >= 4 is 23.5 Å². The molecule has 2 rings (SSSR count). The molecule has 1 N–H and O–H groups in total. The Morgan fingerprint density at radius 2 is 1.84 bits per heavy atom. The maximum atomic E-state index is 11.8. The van der Waals surface area contributed by atoms with Gasteiger partial charge in [-0.25, -0.2) is 4.79 Å². The summed E-state index contributed by atoms with van der Waals surface area (Å²) in [6.45, 7) is 3.08. The number of rotatable bonds is 7. The van der Waals surface area contributed by atoms with Crippen molar-refractivity contribution in [1.82, 2.24) is 5.32 Å². The van der Waals surface area contributed by atoms with Crippen molar-refractivity contribution in [3.05, 3.63) is 64.7 Å². The normalized spacial score (nSPS) is 11.5. The second-order valence-corrected chi connectivity index (χ2v) is 5.97. The van der Waals surface area contributed by atoms with E-state index in [1.54, 1.807) is 18.2 Å². The van der Waals surface area contributed by atoms with Crippen LogP contribution in [0, 0.1) is 6.92 Å². The molecule has 132 valence electrons. The Hall–Kier alpha value is -2.53. The smallest absolute Gasteiger partial charge is 0.344 e. The SMILES string of the molecule is Cc1cc(OCC(=O)OCC(=O)N[C@@H](C)c2ccccc2)ccc1Cl. The lowest BCUT2D eigenvalue weighted by Crippen LogP contribution is -2.31. The molecule has 1 atom stereocenters. The lowest BCUT2D eigenvalue weighted by Gasteiger charge is -2.14. The van der Waals surface area contributed by atoms with Gasteiger partial charge in [-0.05, 0) is 43.2 Å². The summed E-state index contributed by atoms with van der Waals surface area (Å²) in [6, 6.07) is 14.4. The van der Waals surface area contributed by atoms with Gasteiger partial charge in [-0.3, -0.25) is 4.79 Å². The van der Waals surface area contributed by atoms with Crippen molar-refractivity contribution in [2.24, 2.45) is 0 Å². The summed E-state index contributed by atoms with van der Waals surface area (Å²) in [5, 5.41) is 3.39. The minimum absolute atomic E-state index is 0.166. The van der Waals surface area contributed by atoms with Gasteiger partial charge in [0.25, 0.3) is 5.91 Å². The summed E-state index contributed by atoms with van der Waals surface area (Å²) < 4.78 is 10.2. The number of esters is 1. The zero-order valence-electron chi connectivity index (χ0n) is 14.1. The lowest BCUT2D eigenvalue weighted by molar-refractivity contribution is -0.150. The van der Waals surface area contributed by atoms with Crippen LogP contribution in [-0.2, 0) is 14.3 Å². The first-order valence-corrected chi connectivity index (χ1v) is 8.22. The molecule has 0 heterocycles. The number of carbonyl (C=O) groups excluding carboxylic acids is 2. The third-order valence-electron chi connectivity index (χ3n) is 3.53. The Labute approximate surface area is 151 Å². The van der Waals surface area contributed by atoms with Crippen LogP contribution >= 0.6 is 11.6 Å². The second-order valence-electron chi connectivity index (χ2n) is 5.56. The van der Waals surface area contributed by atoms with Crippen molar-refractivity contribution in [2.75, 3.05) is 13.2 Å². The Morgan fingerprint density at radius 1 is 1.12 bits per heavy atom. The fourth-order valence-electron chi connectivity index (χ4n) is 2.15. The first-order valence-electron chi connectivity index (χ1n) is 7.84. The molecular weight excluding hydrogens is 342 g/mol. The molecule has 0 aliphatic rings. The van der Waals surface area contributed by atoms with E-state index in [4.69, 9.17) is 21.1 Å². The van der Waals surface area contributed by atoms with Crippen LogP contribution in [0.4, 0.5) is 0 Å². The van der Waals surface area contributed by atoms with Crippen LogP contribution in [0.15, 0.2) is 48.5 Å². The van der Waals surface area contributed by atoms with Crippen molar-refractivity contribution in [3.8, 4) is 5.75 Å². The van der Waals surface area contributed by atoms with Crippen LogP contribution in [-0.4, -0.2) is 25.1 Å². The highest BCUT2D eigenvalue weighted by Crippen LogP contribution is 2.20. The monoisotopic (exact) mass is 361 g/mol. The molecule has 0 saturated carbocycles. The number of ether oxygens (including phenoxy) is 2. The van der Waals surface area contributed by atoms with E-state index in [2.05, 4.69) is 5.32 Å². The Balaban J connectivity index is 1.72. The number of halogens is 1. The van der Waals surface area contributed by atoms with Gasteiger partial charge in [-0.15, -0.1) is 0 Å². The fraction of sp³-hybridized carbons (Fsp3) is 0.263. The third kappa shape index (κ3) is 6.12. The molecule has 1 amide bonds. The van der Waals surface area contributed by atoms with Gasteiger partial charge in [0.1, 0.15) is 5.75 Å². The topological polar surface area (TPSA) is 64.6 Å². The molecule has 6 heteroatoms. The minimum atomic E-state index is -0.616. The summed E-state index contributed by atoms with van der Waals surface area (Å²) in [5.41, 5.74) is 1.82. The van der Waals surface area contributed by atoms with E-state index in [0.717, 1.165) is 11.1 Å². The molecule has 0 saturated heterocycles. The molecule has 5 nitrogen and oxygen atoms in total. The number of carbonyl (C=O) groups is 2. The van der Waals surface area contributed by atoms with Gasteiger partial charge in [0.15, 0.2) is 13.2 Å². The maximum absolute atomic E-state index is 11.8. The summed E-state index contributed by atoms with van der Waals surface area (Å²) in [6.07, 6.45) is 0. The molecule has 0 unspecified atom stereocenters. The molecule has 0 aliphatic heterocycles. The maximum Gasteiger partial charge on any atom is 0.344 e. The van der Waals surface area contributed by atoms with Gasteiger partial charge < -0.3 is 14.8 Å². The summed E-state index contributed by atoms with van der Waals surface area (Å²) in [7, 11) is 0. The first-order chi connectivity index (χ1) is 12.0. The predicted molar refractivity (Wildman–Crippen MR) is 95.6 cm³/mol. The molecule has 0 aliphatic carbocycles. The number of amides is 1. The third-order valence-corrected chi connectivity index (χ3v) is 3.95. The van der Waals surface area contributed by atoms with Gasteiger partial charge in [-0.2, -0.15) is 0 Å². The zero-order chi connectivity index (χ0) is 18.2. The van der Waals surface area contributed by atoms with E-state index in [1.165, 1.54) is 0 Å². The molecule has 2 aromatic rings. The number of hydrogen-bond acceptors (Lipinski definition) is 4. The zero-order valence-corrected chi connectivity index (χ0v) is 14.9. The van der Waals surface area contributed by atoms with Crippen molar-refractivity contribution < 1.29 is 19.1 Å². The highest BCUT2D eigenvalue weighted by Gasteiger charge is 2.12. The van der Waals surface area contributed by atoms with E-state index in [-0.39, 0.29) is 25.2 Å². The van der Waals surface area contributed by atoms with Crippen LogP contribution in [0.3, 0.4) is 0 Å². The molecular formula is C19H20ClNO4. The largest absolute Gasteiger partial charge is 0.482 e. The molecule has 0 bridgehead atoms. The summed E-state index contributed by atoms with van der Waals surface area (Å²) in [5.74, 6) is -0.469. The van der Waals surface area contributed by atoms with Crippen LogP contribution in [0.5, 0.6) is 5.75 Å². The van der Waals surface area contributed by atoms with Crippen LogP contribution in [0.25, 0.3) is 0 Å². The molecule has 0 fully saturated rings. The summed E-state index contributed by atoms with van der Waals surface area (Å²) in [4.78, 5) is 23.5. The van der Waals surface area contributed by atoms with Crippen molar-refractivity contribution in [2.45, 2.75) is 19.9 Å². The minimum Gasteiger partial charge on any atom is -0.482 e. The fourth-order valence-corrected chi connectivity index (χ4v) is 2.26. The van der Waals surface area contributed by atoms with Crippen molar-refractivity contribution in [1.29, 1.82) is 0 Å². The highest BCUT2D eigenvalue weighted by molar-refractivity contribution is 6.31. The van der Waals surface area contributed by atoms with Gasteiger partial charge in [0.2, 0.25) is 0 Å². The molecule has 0 spiro atoms. The highest BCUT2D eigenvalue weighted by atomic mass is 35.5. The Bertz CT molecular complexity index is 733. The van der Waals surface area contributed by atoms with Crippen LogP contribution in [0.2, 0.25) is 5.02 Å². The average molecular weight is 362 g/mol. The number of aryl methyl sites for hydroxylation is 1. The van der Waals surface area contributed by atoms with E-state index in [9.17, 15) is 9.59 Å². The Kier molecular flexibility index (Phi) is 6.83. The average Bonchev–Trinajstić information content (AvgIpc) is 2.61.